The van der Waals surface area contributed by atoms with E-state index < -0.39 is 0 Å². The lowest BCUT2D eigenvalue weighted by atomic mass is 9.90. The van der Waals surface area contributed by atoms with Gasteiger partial charge in [0.1, 0.15) is 5.75 Å². The second-order valence-corrected chi connectivity index (χ2v) is 7.06. The summed E-state index contributed by atoms with van der Waals surface area (Å²) in [6, 6.07) is 3.54. The molecule has 1 aliphatic carbocycles. The maximum absolute atomic E-state index is 6.15. The Labute approximate surface area is 134 Å². The summed E-state index contributed by atoms with van der Waals surface area (Å²) >= 11 is 19.2. The number of hydrogen-bond donors (Lipinski definition) is 0. The van der Waals surface area contributed by atoms with Crippen molar-refractivity contribution < 1.29 is 4.74 Å². The van der Waals surface area contributed by atoms with E-state index in [0.29, 0.717) is 22.4 Å². The van der Waals surface area contributed by atoms with Crippen molar-refractivity contribution in [2.24, 2.45) is 5.41 Å². The Balaban J connectivity index is 2.08. The van der Waals surface area contributed by atoms with E-state index in [0.717, 1.165) is 9.80 Å². The van der Waals surface area contributed by atoms with Gasteiger partial charge in [0.2, 0.25) is 0 Å². The number of hydrogen-bond acceptors (Lipinski definition) is 1. The van der Waals surface area contributed by atoms with Gasteiger partial charge in [0.25, 0.3) is 0 Å². The van der Waals surface area contributed by atoms with Crippen molar-refractivity contribution in [1.82, 2.24) is 0 Å². The largest absolute Gasteiger partial charge is 0.491 e. The topological polar surface area (TPSA) is 9.23 Å². The fourth-order valence-electron chi connectivity index (χ4n) is 2.29. The standard InChI is InChI=1S/C13H14Br2Cl2O/c14-7-13(3-1-2-4-13)8-18-12-6-10(16)9(15)5-11(12)17/h5-6H,1-4,7-8H2. The maximum Gasteiger partial charge on any atom is 0.139 e. The molecule has 1 aromatic carbocycles. The molecule has 1 aliphatic rings. The van der Waals surface area contributed by atoms with E-state index in [1.54, 1.807) is 12.1 Å². The van der Waals surface area contributed by atoms with E-state index >= 15 is 0 Å². The van der Waals surface area contributed by atoms with E-state index in [2.05, 4.69) is 31.9 Å². The third kappa shape index (κ3) is 3.36. The zero-order valence-electron chi connectivity index (χ0n) is 9.82. The Hall–Kier alpha value is 0.560. The van der Waals surface area contributed by atoms with Gasteiger partial charge in [-0.15, -0.1) is 0 Å². The van der Waals surface area contributed by atoms with Crippen LogP contribution in [-0.2, 0) is 0 Å². The molecule has 100 valence electrons. The van der Waals surface area contributed by atoms with Gasteiger partial charge in [-0.2, -0.15) is 0 Å². The van der Waals surface area contributed by atoms with Crippen LogP contribution in [0.2, 0.25) is 10.0 Å². The van der Waals surface area contributed by atoms with Crippen molar-refractivity contribution in [3.8, 4) is 5.75 Å². The zero-order chi connectivity index (χ0) is 13.2. The predicted octanol–water partition coefficient (Wildman–Crippen LogP) is 6.09. The van der Waals surface area contributed by atoms with Gasteiger partial charge >= 0.3 is 0 Å². The molecular formula is C13H14Br2Cl2O. The Morgan fingerprint density at radius 2 is 1.83 bits per heavy atom. The van der Waals surface area contributed by atoms with Gasteiger partial charge in [-0.25, -0.2) is 0 Å². The Morgan fingerprint density at radius 1 is 1.17 bits per heavy atom. The highest BCUT2D eigenvalue weighted by Crippen LogP contribution is 2.41. The molecule has 5 heteroatoms. The van der Waals surface area contributed by atoms with Crippen molar-refractivity contribution in [2.45, 2.75) is 25.7 Å². The molecule has 0 N–H and O–H groups in total. The SMILES string of the molecule is Clc1cc(OCC2(CBr)CCCC2)c(Cl)cc1Br. The first-order valence-corrected chi connectivity index (χ1v) is 8.57. The smallest absolute Gasteiger partial charge is 0.139 e. The number of ether oxygens (including phenoxy) is 1. The molecule has 0 aliphatic heterocycles. The second-order valence-electron chi connectivity index (χ2n) is 4.83. The number of halogens is 4. The number of alkyl halides is 1. The quantitative estimate of drug-likeness (QED) is 0.426. The zero-order valence-corrected chi connectivity index (χ0v) is 14.5. The molecule has 0 spiro atoms. The van der Waals surface area contributed by atoms with Gasteiger partial charge in [-0.05, 0) is 34.8 Å². The van der Waals surface area contributed by atoms with Crippen molar-refractivity contribution in [3.63, 3.8) is 0 Å². The third-order valence-corrected chi connectivity index (χ3v) is 6.14. The second kappa shape index (κ2) is 6.34. The molecule has 0 atom stereocenters. The lowest BCUT2D eigenvalue weighted by Gasteiger charge is -2.26. The van der Waals surface area contributed by atoms with Crippen molar-refractivity contribution >= 4 is 55.1 Å². The highest BCUT2D eigenvalue weighted by Gasteiger charge is 2.33. The van der Waals surface area contributed by atoms with Crippen LogP contribution in [0.25, 0.3) is 0 Å². The molecule has 1 nitrogen and oxygen atoms in total. The predicted molar refractivity (Wildman–Crippen MR) is 84.4 cm³/mol. The summed E-state index contributed by atoms with van der Waals surface area (Å²) in [4.78, 5) is 0. The highest BCUT2D eigenvalue weighted by atomic mass is 79.9. The van der Waals surface area contributed by atoms with Gasteiger partial charge in [0, 0.05) is 21.3 Å². The molecular weight excluding hydrogens is 403 g/mol. The summed E-state index contributed by atoms with van der Waals surface area (Å²) in [6.45, 7) is 0.690. The lowest BCUT2D eigenvalue weighted by Crippen LogP contribution is -2.27. The van der Waals surface area contributed by atoms with Gasteiger partial charge < -0.3 is 4.74 Å². The molecule has 0 radical (unpaired) electrons. The summed E-state index contributed by atoms with van der Waals surface area (Å²) in [7, 11) is 0. The fourth-order valence-corrected chi connectivity index (χ4v) is 3.86. The van der Waals surface area contributed by atoms with Gasteiger partial charge in [0.15, 0.2) is 0 Å². The van der Waals surface area contributed by atoms with Crippen LogP contribution in [0.3, 0.4) is 0 Å². The molecule has 1 fully saturated rings. The van der Waals surface area contributed by atoms with E-state index in [4.69, 9.17) is 27.9 Å². The van der Waals surface area contributed by atoms with E-state index in [1.165, 1.54) is 25.7 Å². The molecule has 18 heavy (non-hydrogen) atoms. The highest BCUT2D eigenvalue weighted by molar-refractivity contribution is 9.10. The molecule has 0 aromatic heterocycles. The molecule has 0 heterocycles. The van der Waals surface area contributed by atoms with E-state index in [9.17, 15) is 0 Å². The molecule has 0 amide bonds. The lowest BCUT2D eigenvalue weighted by molar-refractivity contribution is 0.174. The Kier molecular flexibility index (Phi) is 5.27. The van der Waals surface area contributed by atoms with Crippen LogP contribution in [0.4, 0.5) is 0 Å². The minimum atomic E-state index is 0.253. The number of rotatable bonds is 4. The average molecular weight is 417 g/mol. The molecule has 0 unspecified atom stereocenters. The van der Waals surface area contributed by atoms with Crippen LogP contribution >= 0.6 is 55.1 Å². The van der Waals surface area contributed by atoms with Gasteiger partial charge in [-0.3, -0.25) is 0 Å². The van der Waals surface area contributed by atoms with Crippen LogP contribution in [0.1, 0.15) is 25.7 Å². The van der Waals surface area contributed by atoms with Crippen LogP contribution < -0.4 is 4.74 Å². The normalized spacial score (nSPS) is 18.0. The van der Waals surface area contributed by atoms with E-state index in [-0.39, 0.29) is 5.41 Å². The molecule has 0 saturated heterocycles. The summed E-state index contributed by atoms with van der Waals surface area (Å²) in [5.41, 5.74) is 0.253. The third-order valence-electron chi connectivity index (χ3n) is 3.46. The average Bonchev–Trinajstić information content (AvgIpc) is 2.82. The summed E-state index contributed by atoms with van der Waals surface area (Å²) < 4.78 is 6.67. The Morgan fingerprint density at radius 3 is 2.44 bits per heavy atom. The fraction of sp³-hybridized carbons (Fsp3) is 0.538. The van der Waals surface area contributed by atoms with Crippen LogP contribution in [0.15, 0.2) is 16.6 Å². The minimum Gasteiger partial charge on any atom is -0.491 e. The van der Waals surface area contributed by atoms with Gasteiger partial charge in [-0.1, -0.05) is 52.0 Å². The molecule has 2 rings (SSSR count). The molecule has 1 saturated carbocycles. The minimum absolute atomic E-state index is 0.253. The molecule has 1 aromatic rings. The van der Waals surface area contributed by atoms with Crippen LogP contribution in [0, 0.1) is 5.41 Å². The van der Waals surface area contributed by atoms with Crippen molar-refractivity contribution in [2.75, 3.05) is 11.9 Å². The monoisotopic (exact) mass is 414 g/mol. The number of benzene rings is 1. The first-order valence-electron chi connectivity index (χ1n) is 5.90. The van der Waals surface area contributed by atoms with Crippen LogP contribution in [-0.4, -0.2) is 11.9 Å². The summed E-state index contributed by atoms with van der Waals surface area (Å²) in [6.07, 6.45) is 4.98. The first kappa shape index (κ1) is 15.0. The van der Waals surface area contributed by atoms with E-state index in [1.807, 2.05) is 0 Å². The van der Waals surface area contributed by atoms with Crippen molar-refractivity contribution in [3.05, 3.63) is 26.7 Å². The maximum atomic E-state index is 6.15. The Bertz CT molecular complexity index is 431. The van der Waals surface area contributed by atoms with Crippen molar-refractivity contribution in [1.29, 1.82) is 0 Å². The molecule has 0 bridgehead atoms. The summed E-state index contributed by atoms with van der Waals surface area (Å²) in [5.74, 6) is 0.664. The summed E-state index contributed by atoms with van der Waals surface area (Å²) in [5, 5.41) is 2.18. The van der Waals surface area contributed by atoms with Crippen LogP contribution in [0.5, 0.6) is 5.75 Å². The first-order chi connectivity index (χ1) is 8.56. The van der Waals surface area contributed by atoms with Gasteiger partial charge in [0.05, 0.1) is 16.7 Å².